The highest BCUT2D eigenvalue weighted by Crippen LogP contribution is 2.42. The smallest absolute Gasteiger partial charge is 0.250 e. The Bertz CT molecular complexity index is 1690. The predicted octanol–water partition coefficient (Wildman–Crippen LogP) is 4.11. The molecule has 0 aliphatic heterocycles. The Morgan fingerprint density at radius 3 is 2.63 bits per heavy atom. The predicted molar refractivity (Wildman–Crippen MR) is 138 cm³/mol. The van der Waals surface area contributed by atoms with E-state index in [1.54, 1.807) is 25.1 Å². The van der Waals surface area contributed by atoms with Gasteiger partial charge in [-0.25, -0.2) is 22.1 Å². The number of thiophene rings is 1. The third-order valence-electron chi connectivity index (χ3n) is 5.32. The standard InChI is InChI=1S/C24H20ClFN3O6PS2/c1-16-20-11-19(34-10-9-29-7-3-2-4-8-29)12-21(25)23(20)37-24(16)38(32,33)28-15-36(30,31)35-18-6-5-17(14-27)22(26)13-18/h2-8,11-13,28H,9-10,15H2,1H3. The third kappa shape index (κ3) is 6.50. The van der Waals surface area contributed by atoms with E-state index in [1.165, 1.54) is 0 Å². The number of halogens is 2. The molecule has 0 aliphatic rings. The van der Waals surface area contributed by atoms with E-state index in [-0.39, 0.29) is 15.5 Å². The fourth-order valence-corrected chi connectivity index (χ4v) is 8.06. The maximum atomic E-state index is 13.8. The zero-order valence-corrected chi connectivity index (χ0v) is 23.0. The lowest BCUT2D eigenvalue weighted by Crippen LogP contribution is -2.35. The summed E-state index contributed by atoms with van der Waals surface area (Å²) in [6.07, 6.45) is 2.73. The quantitative estimate of drug-likeness (QED) is 0.215. The Balaban J connectivity index is 1.48. The molecular formula is C24H20ClFN3O6PS2. The van der Waals surface area contributed by atoms with Crippen molar-refractivity contribution in [2.45, 2.75) is 17.7 Å². The van der Waals surface area contributed by atoms with Crippen LogP contribution in [0.25, 0.3) is 10.1 Å². The molecule has 2 aromatic carbocycles. The molecule has 1 atom stereocenters. The van der Waals surface area contributed by atoms with Crippen molar-refractivity contribution in [3.63, 3.8) is 0 Å². The molecule has 0 amide bonds. The van der Waals surface area contributed by atoms with Crippen molar-refractivity contribution >= 4 is 50.6 Å². The number of benzene rings is 2. The van der Waals surface area contributed by atoms with Gasteiger partial charge < -0.3 is 14.2 Å². The van der Waals surface area contributed by atoms with Gasteiger partial charge in [0, 0.05) is 29.7 Å². The number of hydrogen-bond donors (Lipinski definition) is 1. The average Bonchev–Trinajstić information content (AvgIpc) is 3.21. The van der Waals surface area contributed by atoms with E-state index < -0.39 is 29.7 Å². The van der Waals surface area contributed by atoms with Gasteiger partial charge in [-0.1, -0.05) is 17.7 Å². The minimum Gasteiger partial charge on any atom is -0.768 e. The van der Waals surface area contributed by atoms with Crippen LogP contribution in [-0.4, -0.2) is 21.3 Å². The number of sulfonamides is 1. The van der Waals surface area contributed by atoms with E-state index in [9.17, 15) is 22.3 Å². The van der Waals surface area contributed by atoms with Gasteiger partial charge in [0.2, 0.25) is 0 Å². The maximum Gasteiger partial charge on any atom is 0.250 e. The van der Waals surface area contributed by atoms with E-state index in [0.717, 1.165) is 29.5 Å². The summed E-state index contributed by atoms with van der Waals surface area (Å²) in [7, 11) is -9.10. The number of ether oxygens (including phenoxy) is 1. The van der Waals surface area contributed by atoms with Gasteiger partial charge in [-0.05, 0) is 30.7 Å². The van der Waals surface area contributed by atoms with Crippen LogP contribution >= 0.6 is 30.5 Å². The minimum absolute atomic E-state index is 0.115. The lowest BCUT2D eigenvalue weighted by atomic mass is 10.2. The second kappa shape index (κ2) is 11.4. The lowest BCUT2D eigenvalue weighted by Gasteiger charge is -2.24. The molecule has 0 saturated heterocycles. The Hall–Kier alpha value is -3.04. The number of aromatic nitrogens is 1. The topological polar surface area (TPSA) is 132 Å². The Morgan fingerprint density at radius 2 is 1.95 bits per heavy atom. The molecule has 2 heterocycles. The highest BCUT2D eigenvalue weighted by molar-refractivity contribution is 7.92. The highest BCUT2D eigenvalue weighted by Gasteiger charge is 2.25. The molecule has 38 heavy (non-hydrogen) atoms. The van der Waals surface area contributed by atoms with E-state index in [2.05, 4.69) is 0 Å². The van der Waals surface area contributed by atoms with Crippen molar-refractivity contribution in [1.82, 2.24) is 4.72 Å². The van der Waals surface area contributed by atoms with Crippen molar-refractivity contribution in [1.29, 1.82) is 5.26 Å². The summed E-state index contributed by atoms with van der Waals surface area (Å²) in [4.78, 5) is 12.4. The summed E-state index contributed by atoms with van der Waals surface area (Å²) < 4.78 is 67.1. The number of hydrogen-bond acceptors (Lipinski definition) is 8. The summed E-state index contributed by atoms with van der Waals surface area (Å²) in [6, 6.07) is 13.5. The number of pyridine rings is 1. The fourth-order valence-electron chi connectivity index (χ4n) is 3.49. The van der Waals surface area contributed by atoms with Gasteiger partial charge in [0.05, 0.1) is 21.6 Å². The Morgan fingerprint density at radius 1 is 1.21 bits per heavy atom. The number of nitrogens with zero attached hydrogens (tertiary/aromatic N) is 2. The number of rotatable bonds is 10. The van der Waals surface area contributed by atoms with Crippen molar-refractivity contribution in [3.05, 3.63) is 82.9 Å². The van der Waals surface area contributed by atoms with Gasteiger partial charge in [0.25, 0.3) is 10.0 Å². The second-order valence-corrected chi connectivity index (χ2v) is 13.1. The SMILES string of the molecule is Cc1c(S(=O)(=O)NCP(=O)([O-])Oc2ccc(C#N)c(F)c2)sc2c(Cl)cc(OCC[n+]3ccccc3)cc12. The number of nitrogens with one attached hydrogen (secondary N) is 1. The maximum absolute atomic E-state index is 13.8. The molecule has 4 rings (SSSR count). The van der Waals surface area contributed by atoms with Crippen LogP contribution in [0.5, 0.6) is 11.5 Å². The molecule has 9 nitrogen and oxygen atoms in total. The van der Waals surface area contributed by atoms with Gasteiger partial charge >= 0.3 is 0 Å². The first kappa shape index (κ1) is 28.0. The molecule has 0 spiro atoms. The van der Waals surface area contributed by atoms with Crippen LogP contribution in [-0.2, 0) is 21.1 Å². The monoisotopic (exact) mass is 595 g/mol. The first-order valence-corrected chi connectivity index (χ1v) is 15.4. The summed E-state index contributed by atoms with van der Waals surface area (Å²) >= 11 is 7.31. The number of fused-ring (bicyclic) bond motifs is 1. The normalized spacial score (nSPS) is 13.1. The first-order valence-electron chi connectivity index (χ1n) is 11.0. The molecule has 0 aliphatic carbocycles. The van der Waals surface area contributed by atoms with Crippen LogP contribution < -0.4 is 23.4 Å². The summed E-state index contributed by atoms with van der Waals surface area (Å²) in [5, 5.41) is 9.62. The lowest BCUT2D eigenvalue weighted by molar-refractivity contribution is -0.697. The van der Waals surface area contributed by atoms with Gasteiger partial charge in [-0.3, -0.25) is 4.57 Å². The molecule has 1 N–H and O–H groups in total. The van der Waals surface area contributed by atoms with Gasteiger partial charge in [-0.15, -0.1) is 11.3 Å². The number of nitriles is 1. The third-order valence-corrected chi connectivity index (χ3v) is 10.3. The van der Waals surface area contributed by atoms with E-state index in [0.29, 0.717) is 39.6 Å². The average molecular weight is 596 g/mol. The van der Waals surface area contributed by atoms with Crippen LogP contribution in [0.15, 0.2) is 65.1 Å². The van der Waals surface area contributed by atoms with Gasteiger partial charge in [0.15, 0.2) is 26.5 Å². The Labute approximate surface area is 227 Å². The molecule has 0 fully saturated rings. The second-order valence-electron chi connectivity index (χ2n) is 8.02. The summed E-state index contributed by atoms with van der Waals surface area (Å²) in [6.45, 7) is 2.53. The van der Waals surface area contributed by atoms with Gasteiger partial charge in [-0.2, -0.15) is 5.26 Å². The van der Waals surface area contributed by atoms with Crippen molar-refractivity contribution in [2.75, 3.05) is 12.9 Å². The Kier molecular flexibility index (Phi) is 8.37. The summed E-state index contributed by atoms with van der Waals surface area (Å²) in [5.74, 6) is -0.892. The fraction of sp³-hybridized carbons (Fsp3) is 0.167. The van der Waals surface area contributed by atoms with Crippen LogP contribution in [0.3, 0.4) is 0 Å². The molecule has 4 aromatic rings. The molecule has 14 heteroatoms. The van der Waals surface area contributed by atoms with E-state index >= 15 is 0 Å². The number of aryl methyl sites for hydroxylation is 1. The molecule has 0 bridgehead atoms. The van der Waals surface area contributed by atoms with Crippen molar-refractivity contribution in [3.8, 4) is 17.6 Å². The van der Waals surface area contributed by atoms with Crippen LogP contribution in [0.4, 0.5) is 4.39 Å². The molecular weight excluding hydrogens is 576 g/mol. The van der Waals surface area contributed by atoms with Crippen LogP contribution in [0.1, 0.15) is 11.1 Å². The first-order chi connectivity index (χ1) is 18.0. The molecule has 2 aromatic heterocycles. The van der Waals surface area contributed by atoms with E-state index in [1.807, 2.05) is 39.9 Å². The zero-order valence-electron chi connectivity index (χ0n) is 19.8. The van der Waals surface area contributed by atoms with E-state index in [4.69, 9.17) is 26.1 Å². The summed E-state index contributed by atoms with van der Waals surface area (Å²) in [5.41, 5.74) is 0.0828. The molecule has 1 unspecified atom stereocenters. The minimum atomic E-state index is -4.81. The molecule has 198 valence electrons. The highest BCUT2D eigenvalue weighted by atomic mass is 35.5. The van der Waals surface area contributed by atoms with Crippen molar-refractivity contribution in [2.24, 2.45) is 0 Å². The molecule has 0 saturated carbocycles. The zero-order chi connectivity index (χ0) is 27.5. The van der Waals surface area contributed by atoms with Crippen molar-refractivity contribution < 1.29 is 36.1 Å². The van der Waals surface area contributed by atoms with Crippen LogP contribution in [0, 0.1) is 24.1 Å². The van der Waals surface area contributed by atoms with Gasteiger partial charge in [0.1, 0.15) is 34.2 Å². The largest absolute Gasteiger partial charge is 0.768 e. The van der Waals surface area contributed by atoms with Crippen LogP contribution in [0.2, 0.25) is 5.02 Å². The molecule has 0 radical (unpaired) electrons.